The second kappa shape index (κ2) is 6.98. The molecule has 1 aromatic carbocycles. The first kappa shape index (κ1) is 15.9. The molecule has 4 nitrogen and oxygen atoms in total. The Labute approximate surface area is 130 Å². The first-order chi connectivity index (χ1) is 9.95. The van der Waals surface area contributed by atoms with E-state index >= 15 is 0 Å². The van der Waals surface area contributed by atoms with Gasteiger partial charge in [0.1, 0.15) is 0 Å². The molecule has 0 saturated carbocycles. The van der Waals surface area contributed by atoms with Crippen molar-refractivity contribution in [3.05, 3.63) is 23.8 Å². The van der Waals surface area contributed by atoms with Crippen LogP contribution in [-0.2, 0) is 4.79 Å². The Morgan fingerprint density at radius 1 is 1.38 bits per heavy atom. The molecule has 2 aromatic rings. The molecule has 1 atom stereocenters. The number of aromatic nitrogens is 2. The summed E-state index contributed by atoms with van der Waals surface area (Å²) in [6.07, 6.45) is 1.01. The number of rotatable bonds is 6. The van der Waals surface area contributed by atoms with Crippen molar-refractivity contribution in [2.45, 2.75) is 44.5 Å². The van der Waals surface area contributed by atoms with Gasteiger partial charge in [-0.15, -0.1) is 0 Å². The highest BCUT2D eigenvalue weighted by Crippen LogP contribution is 2.24. The van der Waals surface area contributed by atoms with Crippen LogP contribution in [0, 0.1) is 12.8 Å². The molecule has 0 aliphatic carbocycles. The fraction of sp³-hybridized carbons (Fsp3) is 0.500. The number of aromatic amines is 1. The number of benzene rings is 1. The molecule has 0 radical (unpaired) electrons. The highest BCUT2D eigenvalue weighted by molar-refractivity contribution is 8.00. The molecule has 2 rings (SSSR count). The van der Waals surface area contributed by atoms with Gasteiger partial charge in [0.05, 0.1) is 16.3 Å². The molecule has 0 bridgehead atoms. The van der Waals surface area contributed by atoms with Crippen molar-refractivity contribution in [3.8, 4) is 0 Å². The standard InChI is InChI=1S/C16H23N3OS/c1-10(2)7-8-17-15(20)12(4)21-16-18-13-6-5-11(3)9-14(13)19-16/h5-6,9-10,12H,7-8H2,1-4H3,(H,17,20)(H,18,19). The predicted octanol–water partition coefficient (Wildman–Crippen LogP) is 3.51. The summed E-state index contributed by atoms with van der Waals surface area (Å²) in [5.41, 5.74) is 3.16. The molecule has 0 fully saturated rings. The molecular weight excluding hydrogens is 282 g/mol. The van der Waals surface area contributed by atoms with Gasteiger partial charge < -0.3 is 10.3 Å². The number of thioether (sulfide) groups is 1. The van der Waals surface area contributed by atoms with Crippen LogP contribution in [0.4, 0.5) is 0 Å². The maximum Gasteiger partial charge on any atom is 0.233 e. The highest BCUT2D eigenvalue weighted by Gasteiger charge is 2.16. The van der Waals surface area contributed by atoms with Gasteiger partial charge in [-0.3, -0.25) is 4.79 Å². The Hall–Kier alpha value is -1.49. The zero-order valence-electron chi connectivity index (χ0n) is 13.1. The molecule has 5 heteroatoms. The summed E-state index contributed by atoms with van der Waals surface area (Å²) in [7, 11) is 0. The predicted molar refractivity (Wildman–Crippen MR) is 88.6 cm³/mol. The number of nitrogens with zero attached hydrogens (tertiary/aromatic N) is 1. The Balaban J connectivity index is 1.94. The lowest BCUT2D eigenvalue weighted by Crippen LogP contribution is -2.32. The zero-order chi connectivity index (χ0) is 15.4. The van der Waals surface area contributed by atoms with E-state index in [1.807, 2.05) is 19.1 Å². The van der Waals surface area contributed by atoms with E-state index in [2.05, 4.69) is 42.1 Å². The zero-order valence-corrected chi connectivity index (χ0v) is 13.9. The molecular formula is C16H23N3OS. The van der Waals surface area contributed by atoms with Crippen molar-refractivity contribution in [2.24, 2.45) is 5.92 Å². The van der Waals surface area contributed by atoms with Crippen LogP contribution in [-0.4, -0.2) is 27.7 Å². The van der Waals surface area contributed by atoms with E-state index in [9.17, 15) is 4.79 Å². The second-order valence-electron chi connectivity index (χ2n) is 5.80. The Bertz CT molecular complexity index is 621. The summed E-state index contributed by atoms with van der Waals surface area (Å²) in [5.74, 6) is 0.671. The minimum absolute atomic E-state index is 0.0669. The van der Waals surface area contributed by atoms with Crippen LogP contribution >= 0.6 is 11.8 Å². The number of carbonyl (C=O) groups excluding carboxylic acids is 1. The molecule has 0 saturated heterocycles. The maximum absolute atomic E-state index is 12.0. The van der Waals surface area contributed by atoms with Gasteiger partial charge >= 0.3 is 0 Å². The summed E-state index contributed by atoms with van der Waals surface area (Å²) < 4.78 is 0. The lowest BCUT2D eigenvalue weighted by molar-refractivity contribution is -0.120. The van der Waals surface area contributed by atoms with Crippen LogP contribution in [0.3, 0.4) is 0 Å². The summed E-state index contributed by atoms with van der Waals surface area (Å²) >= 11 is 1.46. The van der Waals surface area contributed by atoms with E-state index < -0.39 is 0 Å². The van der Waals surface area contributed by atoms with Crippen molar-refractivity contribution in [1.82, 2.24) is 15.3 Å². The van der Waals surface area contributed by atoms with Gasteiger partial charge in [0.2, 0.25) is 5.91 Å². The summed E-state index contributed by atoms with van der Waals surface area (Å²) in [4.78, 5) is 19.8. The van der Waals surface area contributed by atoms with Gasteiger partial charge in [-0.25, -0.2) is 4.98 Å². The number of carbonyl (C=O) groups is 1. The van der Waals surface area contributed by atoms with Gasteiger partial charge in [-0.1, -0.05) is 31.7 Å². The summed E-state index contributed by atoms with van der Waals surface area (Å²) in [5, 5.41) is 3.62. The van der Waals surface area contributed by atoms with E-state index in [-0.39, 0.29) is 11.2 Å². The average Bonchev–Trinajstić information content (AvgIpc) is 2.79. The van der Waals surface area contributed by atoms with Crippen molar-refractivity contribution < 1.29 is 4.79 Å². The molecule has 2 N–H and O–H groups in total. The largest absolute Gasteiger partial charge is 0.355 e. The number of hydrogen-bond donors (Lipinski definition) is 2. The topological polar surface area (TPSA) is 57.8 Å². The smallest absolute Gasteiger partial charge is 0.233 e. The minimum Gasteiger partial charge on any atom is -0.355 e. The first-order valence-electron chi connectivity index (χ1n) is 7.36. The van der Waals surface area contributed by atoms with Crippen LogP contribution in [0.15, 0.2) is 23.4 Å². The number of hydrogen-bond acceptors (Lipinski definition) is 3. The number of amides is 1. The number of nitrogens with one attached hydrogen (secondary N) is 2. The Morgan fingerprint density at radius 3 is 2.86 bits per heavy atom. The molecule has 114 valence electrons. The lowest BCUT2D eigenvalue weighted by Gasteiger charge is -2.11. The summed E-state index contributed by atoms with van der Waals surface area (Å²) in [6, 6.07) is 6.11. The fourth-order valence-electron chi connectivity index (χ4n) is 2.00. The van der Waals surface area contributed by atoms with E-state index in [1.165, 1.54) is 17.3 Å². The van der Waals surface area contributed by atoms with E-state index in [1.54, 1.807) is 0 Å². The van der Waals surface area contributed by atoms with E-state index in [0.29, 0.717) is 5.92 Å². The molecule has 0 spiro atoms. The van der Waals surface area contributed by atoms with Crippen LogP contribution in [0.2, 0.25) is 0 Å². The first-order valence-corrected chi connectivity index (χ1v) is 8.24. The maximum atomic E-state index is 12.0. The van der Waals surface area contributed by atoms with Crippen molar-refractivity contribution in [3.63, 3.8) is 0 Å². The Kier molecular flexibility index (Phi) is 5.28. The number of fused-ring (bicyclic) bond motifs is 1. The van der Waals surface area contributed by atoms with Crippen molar-refractivity contribution in [1.29, 1.82) is 0 Å². The monoisotopic (exact) mass is 305 g/mol. The highest BCUT2D eigenvalue weighted by atomic mass is 32.2. The molecule has 1 amide bonds. The van der Waals surface area contributed by atoms with Crippen LogP contribution in [0.25, 0.3) is 11.0 Å². The van der Waals surface area contributed by atoms with E-state index in [0.717, 1.165) is 29.2 Å². The molecule has 0 aliphatic heterocycles. The molecule has 21 heavy (non-hydrogen) atoms. The van der Waals surface area contributed by atoms with Crippen LogP contribution in [0.5, 0.6) is 0 Å². The average molecular weight is 305 g/mol. The van der Waals surface area contributed by atoms with Gasteiger partial charge in [-0.2, -0.15) is 0 Å². The number of H-pyrrole nitrogens is 1. The van der Waals surface area contributed by atoms with E-state index in [4.69, 9.17) is 0 Å². The Morgan fingerprint density at radius 2 is 2.14 bits per heavy atom. The number of imidazole rings is 1. The molecule has 1 aromatic heterocycles. The third-order valence-electron chi connectivity index (χ3n) is 3.29. The van der Waals surface area contributed by atoms with Crippen LogP contribution in [0.1, 0.15) is 32.8 Å². The molecule has 1 unspecified atom stereocenters. The van der Waals surface area contributed by atoms with Crippen molar-refractivity contribution in [2.75, 3.05) is 6.54 Å². The SMILES string of the molecule is Cc1ccc2nc(SC(C)C(=O)NCCC(C)C)[nH]c2c1. The molecule has 1 heterocycles. The normalized spacial score (nSPS) is 12.8. The minimum atomic E-state index is -0.154. The quantitative estimate of drug-likeness (QED) is 0.803. The lowest BCUT2D eigenvalue weighted by atomic mass is 10.1. The third-order valence-corrected chi connectivity index (χ3v) is 4.28. The molecule has 0 aliphatic rings. The number of aryl methyl sites for hydroxylation is 1. The van der Waals surface area contributed by atoms with Gasteiger partial charge in [0, 0.05) is 6.54 Å². The van der Waals surface area contributed by atoms with Gasteiger partial charge in [0.25, 0.3) is 0 Å². The summed E-state index contributed by atoms with van der Waals surface area (Å²) in [6.45, 7) is 9.01. The fourth-order valence-corrected chi connectivity index (χ4v) is 2.85. The van der Waals surface area contributed by atoms with Crippen LogP contribution < -0.4 is 5.32 Å². The third kappa shape index (κ3) is 4.49. The van der Waals surface area contributed by atoms with Gasteiger partial charge in [-0.05, 0) is 43.9 Å². The second-order valence-corrected chi connectivity index (χ2v) is 7.13. The van der Waals surface area contributed by atoms with Crippen molar-refractivity contribution >= 4 is 28.7 Å². The van der Waals surface area contributed by atoms with Gasteiger partial charge in [0.15, 0.2) is 5.16 Å².